The van der Waals surface area contributed by atoms with Crippen LogP contribution in [0.4, 0.5) is 20.3 Å². The maximum atomic E-state index is 14.9. The number of amides is 1. The molecule has 4 aliphatic heterocycles. The number of ether oxygens (including phenoxy) is 1. The number of nitriles is 1. The molecule has 3 saturated heterocycles. The summed E-state index contributed by atoms with van der Waals surface area (Å²) in [5.41, 5.74) is 1.32. The van der Waals surface area contributed by atoms with E-state index in [0.717, 1.165) is 19.4 Å². The summed E-state index contributed by atoms with van der Waals surface area (Å²) in [4.78, 5) is 29.3. The smallest absolute Gasteiger partial charge is 0.318 e. The molecule has 7 rings (SSSR count). The van der Waals surface area contributed by atoms with Crippen molar-refractivity contribution in [3.63, 3.8) is 0 Å². The van der Waals surface area contributed by atoms with Crippen molar-refractivity contribution < 1.29 is 23.4 Å². The maximum absolute atomic E-state index is 14.9. The van der Waals surface area contributed by atoms with E-state index in [0.29, 0.717) is 84.4 Å². The largest absolute Gasteiger partial charge is 0.508 e. The first-order chi connectivity index (χ1) is 20.8. The molecule has 3 aromatic rings. The second-order valence-electron chi connectivity index (χ2n) is 12.2. The second kappa shape index (κ2) is 10.6. The summed E-state index contributed by atoms with van der Waals surface area (Å²) in [5.74, 6) is -0.347. The van der Waals surface area contributed by atoms with Crippen molar-refractivity contribution in [1.29, 1.82) is 5.26 Å². The molecule has 1 aromatic heterocycles. The van der Waals surface area contributed by atoms with Gasteiger partial charge in [0.25, 0.3) is 5.91 Å². The molecule has 9 nitrogen and oxygen atoms in total. The highest BCUT2D eigenvalue weighted by molar-refractivity contribution is 6.16. The number of aryl methyl sites for hydroxylation is 1. The number of nitrogens with zero attached hydrogens (tertiary/aromatic N) is 6. The highest BCUT2D eigenvalue weighted by Crippen LogP contribution is 2.43. The van der Waals surface area contributed by atoms with E-state index in [1.165, 1.54) is 17.0 Å². The molecule has 5 heterocycles. The van der Waals surface area contributed by atoms with E-state index >= 15 is 0 Å². The normalized spacial score (nSPS) is 24.0. The van der Waals surface area contributed by atoms with Crippen molar-refractivity contribution >= 4 is 28.2 Å². The molecule has 1 N–H and O–H groups in total. The van der Waals surface area contributed by atoms with Crippen LogP contribution in [0.1, 0.15) is 60.6 Å². The Kier molecular flexibility index (Phi) is 6.84. The number of anilines is 2. The Morgan fingerprint density at radius 1 is 1.21 bits per heavy atom. The van der Waals surface area contributed by atoms with Gasteiger partial charge in [-0.05, 0) is 61.7 Å². The first-order valence-electron chi connectivity index (χ1n) is 15.1. The van der Waals surface area contributed by atoms with Crippen LogP contribution in [0.3, 0.4) is 0 Å². The molecular weight excluding hydrogens is 554 g/mol. The van der Waals surface area contributed by atoms with Gasteiger partial charge < -0.3 is 19.6 Å². The fourth-order valence-electron chi connectivity index (χ4n) is 7.55. The molecule has 11 heteroatoms. The number of hydrogen-bond acceptors (Lipinski definition) is 8. The van der Waals surface area contributed by atoms with Crippen LogP contribution in [0.5, 0.6) is 11.8 Å². The second-order valence-corrected chi connectivity index (χ2v) is 12.2. The summed E-state index contributed by atoms with van der Waals surface area (Å²) in [5, 5.41) is 21.2. The summed E-state index contributed by atoms with van der Waals surface area (Å²) in [6, 6.07) is 8.52. The SMILES string of the molecule is CCc1c(F)ccc2cc(O)cc(N3Cc4nc(OC[C@@]56CCCN5C[C@H](F)C6)nc(N5CCC(C#N)CC5)c4C3=O)c12. The molecule has 4 aliphatic rings. The molecule has 0 unspecified atom stereocenters. The third kappa shape index (κ3) is 4.63. The quantitative estimate of drug-likeness (QED) is 0.434. The van der Waals surface area contributed by atoms with Crippen molar-refractivity contribution in [3.05, 3.63) is 46.9 Å². The fourth-order valence-corrected chi connectivity index (χ4v) is 7.55. The van der Waals surface area contributed by atoms with Gasteiger partial charge in [-0.1, -0.05) is 13.0 Å². The molecular formula is C32H34F2N6O3. The lowest BCUT2D eigenvalue weighted by molar-refractivity contribution is 0.0996. The number of aromatic nitrogens is 2. The van der Waals surface area contributed by atoms with Crippen molar-refractivity contribution in [3.8, 4) is 17.8 Å². The highest BCUT2D eigenvalue weighted by Gasteiger charge is 2.49. The Labute approximate surface area is 248 Å². The van der Waals surface area contributed by atoms with Crippen LogP contribution < -0.4 is 14.5 Å². The van der Waals surface area contributed by atoms with Gasteiger partial charge in [0, 0.05) is 43.4 Å². The molecule has 0 bridgehead atoms. The van der Waals surface area contributed by atoms with E-state index in [4.69, 9.17) is 14.7 Å². The standard InChI is InChI=1S/C32H34F2N6O3/c1-2-23-24(34)5-4-20-12-22(41)13-26(27(20)23)40-17-25-28(30(40)42)29(38-10-6-19(15-35)7-11-38)37-31(36-25)43-18-32-8-3-9-39(32)16-21(33)14-32/h4-5,12-13,19,21,41H,2-3,6-11,14,16-18H2,1H3/t21-,32+/m1/s1. The first-order valence-corrected chi connectivity index (χ1v) is 15.1. The average Bonchev–Trinajstić information content (AvgIpc) is 3.65. The van der Waals surface area contributed by atoms with Crippen molar-refractivity contribution in [2.45, 2.75) is 63.7 Å². The van der Waals surface area contributed by atoms with Gasteiger partial charge in [0.2, 0.25) is 0 Å². The van der Waals surface area contributed by atoms with Gasteiger partial charge in [0.1, 0.15) is 35.7 Å². The van der Waals surface area contributed by atoms with Crippen molar-refractivity contribution in [2.75, 3.05) is 42.6 Å². The van der Waals surface area contributed by atoms with Gasteiger partial charge in [-0.15, -0.1) is 0 Å². The predicted octanol–water partition coefficient (Wildman–Crippen LogP) is 4.89. The van der Waals surface area contributed by atoms with Gasteiger partial charge in [0.05, 0.1) is 29.5 Å². The fraction of sp³-hybridized carbons (Fsp3) is 0.500. The van der Waals surface area contributed by atoms with Crippen LogP contribution in [-0.2, 0) is 13.0 Å². The predicted molar refractivity (Wildman–Crippen MR) is 157 cm³/mol. The number of alkyl halides is 1. The molecule has 0 spiro atoms. The maximum Gasteiger partial charge on any atom is 0.318 e. The van der Waals surface area contributed by atoms with Crippen LogP contribution >= 0.6 is 0 Å². The van der Waals surface area contributed by atoms with Crippen molar-refractivity contribution in [1.82, 2.24) is 14.9 Å². The topological polar surface area (TPSA) is 106 Å². The Hall–Kier alpha value is -4.04. The van der Waals surface area contributed by atoms with E-state index in [1.54, 1.807) is 12.1 Å². The van der Waals surface area contributed by atoms with E-state index in [-0.39, 0.29) is 48.1 Å². The van der Waals surface area contributed by atoms with Crippen LogP contribution in [0.2, 0.25) is 0 Å². The molecule has 0 saturated carbocycles. The molecule has 0 aliphatic carbocycles. The van der Waals surface area contributed by atoms with Gasteiger partial charge in [-0.2, -0.15) is 15.2 Å². The Morgan fingerprint density at radius 3 is 2.79 bits per heavy atom. The third-order valence-electron chi connectivity index (χ3n) is 9.70. The van der Waals surface area contributed by atoms with E-state index < -0.39 is 6.17 Å². The summed E-state index contributed by atoms with van der Waals surface area (Å²) < 4.78 is 35.6. The number of phenolic OH excluding ortho intramolecular Hbond substituents is 1. The number of phenols is 1. The lowest BCUT2D eigenvalue weighted by atomic mass is 9.95. The van der Waals surface area contributed by atoms with Gasteiger partial charge in [-0.25, -0.2) is 8.78 Å². The minimum absolute atomic E-state index is 0.0306. The Morgan fingerprint density at radius 2 is 2.02 bits per heavy atom. The summed E-state index contributed by atoms with van der Waals surface area (Å²) in [6.07, 6.45) is 3.07. The molecule has 224 valence electrons. The summed E-state index contributed by atoms with van der Waals surface area (Å²) >= 11 is 0. The number of aromatic hydroxyl groups is 1. The van der Waals surface area contributed by atoms with E-state index in [2.05, 4.69) is 11.0 Å². The number of benzene rings is 2. The number of halogens is 2. The summed E-state index contributed by atoms with van der Waals surface area (Å²) in [7, 11) is 0. The lowest BCUT2D eigenvalue weighted by Gasteiger charge is -2.32. The monoisotopic (exact) mass is 588 g/mol. The minimum atomic E-state index is -0.886. The summed E-state index contributed by atoms with van der Waals surface area (Å²) in [6.45, 7) is 4.57. The van der Waals surface area contributed by atoms with Gasteiger partial charge in [0.15, 0.2) is 0 Å². The first kappa shape index (κ1) is 27.8. The van der Waals surface area contributed by atoms with Gasteiger partial charge >= 0.3 is 6.01 Å². The zero-order chi connectivity index (χ0) is 29.9. The molecule has 43 heavy (non-hydrogen) atoms. The number of piperidine rings is 1. The zero-order valence-corrected chi connectivity index (χ0v) is 24.2. The number of rotatable bonds is 6. The Balaban J connectivity index is 1.28. The number of hydrogen-bond donors (Lipinski definition) is 1. The number of carbonyl (C=O) groups is 1. The highest BCUT2D eigenvalue weighted by atomic mass is 19.1. The molecule has 2 atom stereocenters. The van der Waals surface area contributed by atoms with Crippen molar-refractivity contribution in [2.24, 2.45) is 5.92 Å². The number of fused-ring (bicyclic) bond motifs is 3. The average molecular weight is 589 g/mol. The van der Waals surface area contributed by atoms with E-state index in [1.807, 2.05) is 11.8 Å². The van der Waals surface area contributed by atoms with Crippen LogP contribution in [0.15, 0.2) is 24.3 Å². The third-order valence-corrected chi connectivity index (χ3v) is 9.70. The van der Waals surface area contributed by atoms with E-state index in [9.17, 15) is 23.9 Å². The lowest BCUT2D eigenvalue weighted by Crippen LogP contribution is -2.43. The molecule has 0 radical (unpaired) electrons. The minimum Gasteiger partial charge on any atom is -0.508 e. The van der Waals surface area contributed by atoms with Crippen LogP contribution in [0, 0.1) is 23.1 Å². The number of carbonyl (C=O) groups excluding carboxylic acids is 1. The van der Waals surface area contributed by atoms with Crippen LogP contribution in [0.25, 0.3) is 10.8 Å². The Bertz CT molecular complexity index is 1650. The molecule has 1 amide bonds. The molecule has 3 fully saturated rings. The molecule has 2 aromatic carbocycles. The van der Waals surface area contributed by atoms with Crippen LogP contribution in [-0.4, -0.2) is 70.4 Å². The van der Waals surface area contributed by atoms with Gasteiger partial charge in [-0.3, -0.25) is 9.69 Å². The zero-order valence-electron chi connectivity index (χ0n) is 24.2.